The summed E-state index contributed by atoms with van der Waals surface area (Å²) in [6.45, 7) is 9.11. The minimum atomic E-state index is -3.72. The van der Waals surface area contributed by atoms with Crippen LogP contribution in [-0.2, 0) is 22.9 Å². The van der Waals surface area contributed by atoms with E-state index in [-0.39, 0.29) is 10.9 Å². The zero-order valence-electron chi connectivity index (χ0n) is 22.2. The van der Waals surface area contributed by atoms with Crippen molar-refractivity contribution < 1.29 is 8.42 Å². The summed E-state index contributed by atoms with van der Waals surface area (Å²) < 4.78 is 30.2. The van der Waals surface area contributed by atoms with Gasteiger partial charge in [0.1, 0.15) is 10.7 Å². The smallest absolute Gasteiger partial charge is 0.190 e. The van der Waals surface area contributed by atoms with Crippen molar-refractivity contribution in [1.82, 2.24) is 9.78 Å². The summed E-state index contributed by atoms with van der Waals surface area (Å²) in [6.07, 6.45) is 3.40. The average molecular weight is 516 g/mol. The Bertz CT molecular complexity index is 1380. The molecule has 1 heterocycles. The molecule has 37 heavy (non-hydrogen) atoms. The van der Waals surface area contributed by atoms with Crippen LogP contribution in [0.25, 0.3) is 0 Å². The van der Waals surface area contributed by atoms with Gasteiger partial charge in [0, 0.05) is 13.1 Å². The number of aryl methyl sites for hydroxylation is 2. The monoisotopic (exact) mass is 515 g/mol. The second-order valence-electron chi connectivity index (χ2n) is 9.57. The van der Waals surface area contributed by atoms with Gasteiger partial charge in [0.15, 0.2) is 9.84 Å². The van der Waals surface area contributed by atoms with Crippen molar-refractivity contribution >= 4 is 15.7 Å². The topological polar surface area (TPSA) is 55.2 Å². The summed E-state index contributed by atoms with van der Waals surface area (Å²) in [5, 5.41) is 3.89. The van der Waals surface area contributed by atoms with E-state index in [9.17, 15) is 8.42 Å². The van der Waals surface area contributed by atoms with Crippen LogP contribution in [-0.4, -0.2) is 18.2 Å². The molecule has 0 amide bonds. The molecular weight excluding hydrogens is 478 g/mol. The Morgan fingerprint density at radius 1 is 0.865 bits per heavy atom. The fraction of sp³-hybridized carbons (Fsp3) is 0.323. The Labute approximate surface area is 221 Å². The standard InChI is InChI=1S/C31H37N3O2S/c1-5-13-29(28-16-11-8-12-17-28)33(23-26-14-9-7-10-15-26)31-30(22-32-34(31)6-2)37(35,36)25(4)27-20-18-24(3)19-21-27/h7-12,14-22,25,29H,5-6,13,23H2,1-4H3. The SMILES string of the molecule is CCCC(c1ccccc1)N(Cc1ccccc1)c1c(S(=O)(=O)C(C)c2ccc(C)cc2)cnn1CC. The first kappa shape index (κ1) is 26.7. The van der Waals surface area contributed by atoms with E-state index in [1.54, 1.807) is 13.1 Å². The van der Waals surface area contributed by atoms with Gasteiger partial charge < -0.3 is 4.90 Å². The molecule has 0 spiro atoms. The molecule has 0 fully saturated rings. The molecule has 6 heteroatoms. The first-order valence-corrected chi connectivity index (χ1v) is 14.6. The third kappa shape index (κ3) is 5.80. The summed E-state index contributed by atoms with van der Waals surface area (Å²) in [7, 11) is -3.72. The number of hydrogen-bond acceptors (Lipinski definition) is 4. The molecule has 0 aliphatic rings. The first-order valence-electron chi connectivity index (χ1n) is 13.1. The molecule has 0 saturated heterocycles. The number of nitrogens with zero attached hydrogens (tertiary/aromatic N) is 3. The van der Waals surface area contributed by atoms with Crippen LogP contribution in [0.4, 0.5) is 5.82 Å². The van der Waals surface area contributed by atoms with Gasteiger partial charge in [0.05, 0.1) is 17.5 Å². The van der Waals surface area contributed by atoms with Crippen molar-refractivity contribution in [1.29, 1.82) is 0 Å². The van der Waals surface area contributed by atoms with E-state index in [0.717, 1.165) is 29.5 Å². The Balaban J connectivity index is 1.88. The van der Waals surface area contributed by atoms with Crippen molar-refractivity contribution in [2.45, 2.75) is 69.8 Å². The molecule has 4 aromatic rings. The molecule has 2 unspecified atom stereocenters. The number of anilines is 1. The second kappa shape index (κ2) is 11.8. The van der Waals surface area contributed by atoms with Crippen molar-refractivity contribution in [2.24, 2.45) is 0 Å². The summed E-state index contributed by atoms with van der Waals surface area (Å²) in [5.41, 5.74) is 4.17. The molecule has 5 nitrogen and oxygen atoms in total. The van der Waals surface area contributed by atoms with Crippen LogP contribution in [0.2, 0.25) is 0 Å². The van der Waals surface area contributed by atoms with Gasteiger partial charge in [-0.2, -0.15) is 5.10 Å². The van der Waals surface area contributed by atoms with Crippen LogP contribution in [0.5, 0.6) is 0 Å². The number of sulfone groups is 1. The van der Waals surface area contributed by atoms with Crippen LogP contribution in [0.1, 0.15) is 67.2 Å². The van der Waals surface area contributed by atoms with E-state index >= 15 is 0 Å². The summed E-state index contributed by atoms with van der Waals surface area (Å²) >= 11 is 0. The highest BCUT2D eigenvalue weighted by atomic mass is 32.2. The summed E-state index contributed by atoms with van der Waals surface area (Å²) in [6, 6.07) is 28.4. The van der Waals surface area contributed by atoms with Gasteiger partial charge in [-0.1, -0.05) is 104 Å². The molecule has 194 valence electrons. The largest absolute Gasteiger partial charge is 0.344 e. The first-order chi connectivity index (χ1) is 17.9. The van der Waals surface area contributed by atoms with Crippen LogP contribution in [0, 0.1) is 6.92 Å². The normalized spacial score (nSPS) is 13.3. The predicted molar refractivity (Wildman–Crippen MR) is 151 cm³/mol. The Morgan fingerprint density at radius 2 is 1.49 bits per heavy atom. The number of rotatable bonds is 11. The zero-order valence-corrected chi connectivity index (χ0v) is 23.0. The lowest BCUT2D eigenvalue weighted by Crippen LogP contribution is -2.32. The highest BCUT2D eigenvalue weighted by Gasteiger charge is 2.34. The molecule has 0 radical (unpaired) electrons. The Morgan fingerprint density at radius 3 is 2.08 bits per heavy atom. The zero-order chi connectivity index (χ0) is 26.4. The molecule has 4 rings (SSSR count). The van der Waals surface area contributed by atoms with Crippen LogP contribution in [0.3, 0.4) is 0 Å². The van der Waals surface area contributed by atoms with Crippen molar-refractivity contribution in [2.75, 3.05) is 4.90 Å². The van der Waals surface area contributed by atoms with Gasteiger partial charge in [-0.15, -0.1) is 0 Å². The maximum Gasteiger partial charge on any atom is 0.190 e. The molecule has 0 saturated carbocycles. The molecule has 0 N–H and O–H groups in total. The van der Waals surface area contributed by atoms with Gasteiger partial charge in [0.25, 0.3) is 0 Å². The van der Waals surface area contributed by atoms with E-state index in [4.69, 9.17) is 0 Å². The molecular formula is C31H37N3O2S. The lowest BCUT2D eigenvalue weighted by atomic mass is 9.99. The predicted octanol–water partition coefficient (Wildman–Crippen LogP) is 7.29. The Hall–Kier alpha value is -3.38. The van der Waals surface area contributed by atoms with Gasteiger partial charge in [-0.3, -0.25) is 0 Å². The molecule has 1 aromatic heterocycles. The summed E-state index contributed by atoms with van der Waals surface area (Å²) in [5.74, 6) is 0.660. The Kier molecular flexibility index (Phi) is 8.49. The lowest BCUT2D eigenvalue weighted by Gasteiger charge is -2.35. The van der Waals surface area contributed by atoms with Crippen LogP contribution < -0.4 is 4.90 Å². The van der Waals surface area contributed by atoms with E-state index in [1.165, 1.54) is 5.56 Å². The van der Waals surface area contributed by atoms with Crippen molar-refractivity contribution in [3.8, 4) is 0 Å². The minimum absolute atomic E-state index is 0.00274. The second-order valence-corrected chi connectivity index (χ2v) is 11.8. The number of benzene rings is 3. The third-order valence-corrected chi connectivity index (χ3v) is 9.09. The fourth-order valence-electron chi connectivity index (χ4n) is 4.85. The lowest BCUT2D eigenvalue weighted by molar-refractivity contribution is 0.529. The quantitative estimate of drug-likeness (QED) is 0.210. The maximum atomic E-state index is 14.2. The molecule has 0 aliphatic heterocycles. The summed E-state index contributed by atoms with van der Waals surface area (Å²) in [4.78, 5) is 2.54. The van der Waals surface area contributed by atoms with Gasteiger partial charge in [-0.05, 0) is 43.9 Å². The minimum Gasteiger partial charge on any atom is -0.344 e. The molecule has 2 atom stereocenters. The van der Waals surface area contributed by atoms with E-state index in [2.05, 4.69) is 41.2 Å². The van der Waals surface area contributed by atoms with E-state index < -0.39 is 15.1 Å². The maximum absolute atomic E-state index is 14.2. The average Bonchev–Trinajstić information content (AvgIpc) is 3.37. The van der Waals surface area contributed by atoms with Crippen molar-refractivity contribution in [3.63, 3.8) is 0 Å². The van der Waals surface area contributed by atoms with E-state index in [0.29, 0.717) is 18.9 Å². The highest BCUT2D eigenvalue weighted by Crippen LogP contribution is 2.40. The number of hydrogen-bond donors (Lipinski definition) is 0. The number of aromatic nitrogens is 2. The van der Waals surface area contributed by atoms with Gasteiger partial charge in [-0.25, -0.2) is 13.1 Å². The third-order valence-electron chi connectivity index (χ3n) is 6.99. The van der Waals surface area contributed by atoms with Crippen LogP contribution in [0.15, 0.2) is 96.0 Å². The van der Waals surface area contributed by atoms with Crippen LogP contribution >= 0.6 is 0 Å². The van der Waals surface area contributed by atoms with Gasteiger partial charge >= 0.3 is 0 Å². The van der Waals surface area contributed by atoms with E-state index in [1.807, 2.05) is 79.2 Å². The highest BCUT2D eigenvalue weighted by molar-refractivity contribution is 7.91. The fourth-order valence-corrected chi connectivity index (χ4v) is 6.42. The molecule has 0 bridgehead atoms. The van der Waals surface area contributed by atoms with Gasteiger partial charge in [0.2, 0.25) is 0 Å². The molecule has 0 aliphatic carbocycles. The molecule has 3 aromatic carbocycles. The van der Waals surface area contributed by atoms with Crippen molar-refractivity contribution in [3.05, 3.63) is 113 Å².